The summed E-state index contributed by atoms with van der Waals surface area (Å²) in [5, 5.41) is 12.5. The zero-order chi connectivity index (χ0) is 15.1. The van der Waals surface area contributed by atoms with E-state index in [0.717, 1.165) is 28.4 Å². The number of guanidine groups is 1. The molecule has 1 heterocycles. The Bertz CT molecular complexity index is 608. The van der Waals surface area contributed by atoms with Crippen molar-refractivity contribution in [1.29, 1.82) is 0 Å². The van der Waals surface area contributed by atoms with Crippen LogP contribution in [0.15, 0.2) is 29.3 Å². The summed E-state index contributed by atoms with van der Waals surface area (Å²) in [4.78, 5) is 21.8. The molecular weight excluding hydrogens is 292 g/mol. The Kier molecular flexibility index (Phi) is 5.38. The highest BCUT2D eigenvalue weighted by atomic mass is 32.2. The van der Waals surface area contributed by atoms with E-state index < -0.39 is 5.03 Å². The lowest BCUT2D eigenvalue weighted by molar-refractivity contribution is -0.525. The summed E-state index contributed by atoms with van der Waals surface area (Å²) in [5.74, 6) is 2.63. The van der Waals surface area contributed by atoms with Crippen LogP contribution < -0.4 is 10.7 Å². The number of nitro groups is 1. The lowest BCUT2D eigenvalue weighted by atomic mass is 10.3. The molecule has 0 amide bonds. The van der Waals surface area contributed by atoms with Crippen LogP contribution >= 0.6 is 11.8 Å². The number of H-pyrrole nitrogens is 1. The lowest BCUT2D eigenvalue weighted by Gasteiger charge is -2.05. The third-order valence-corrected chi connectivity index (χ3v) is 3.61. The van der Waals surface area contributed by atoms with E-state index in [2.05, 4.69) is 20.3 Å². The van der Waals surface area contributed by atoms with Crippen molar-refractivity contribution in [2.45, 2.75) is 5.75 Å². The third-order valence-electron chi connectivity index (χ3n) is 2.64. The summed E-state index contributed by atoms with van der Waals surface area (Å²) < 4.78 is 0. The number of nitrogens with zero attached hydrogens (tertiary/aromatic N) is 3. The van der Waals surface area contributed by atoms with E-state index in [1.165, 1.54) is 7.05 Å². The summed E-state index contributed by atoms with van der Waals surface area (Å²) in [6.45, 7) is 0.582. The van der Waals surface area contributed by atoms with Gasteiger partial charge in [0.2, 0.25) is 0 Å². The quantitative estimate of drug-likeness (QED) is 0.243. The number of thioether (sulfide) groups is 1. The number of aromatic nitrogens is 2. The number of rotatable bonds is 6. The Morgan fingerprint density at radius 1 is 1.52 bits per heavy atom. The van der Waals surface area contributed by atoms with Crippen molar-refractivity contribution in [3.05, 3.63) is 40.2 Å². The average molecular weight is 308 g/mol. The predicted molar refractivity (Wildman–Crippen MR) is 83.7 cm³/mol. The van der Waals surface area contributed by atoms with Gasteiger partial charge in [-0.3, -0.25) is 4.99 Å². The number of para-hydroxylation sites is 2. The van der Waals surface area contributed by atoms with Crippen molar-refractivity contribution in [1.82, 2.24) is 20.7 Å². The molecule has 2 aromatic rings. The van der Waals surface area contributed by atoms with E-state index in [0.29, 0.717) is 6.54 Å². The maximum Gasteiger partial charge on any atom is 0.254 e. The molecule has 9 heteroatoms. The first kappa shape index (κ1) is 15.1. The van der Waals surface area contributed by atoms with Gasteiger partial charge in [0.15, 0.2) is 5.03 Å². The standard InChI is InChI=1S/C12H16N6O2S/c1-13-12(17-18(19)20)14-6-7-21-8-11-15-9-4-2-3-5-10(9)16-11/h2-5H,6-8H2,1H3,(H,15,16)(H2,13,14,17). The molecule has 0 aliphatic heterocycles. The normalized spacial score (nSPS) is 11.6. The molecule has 2 rings (SSSR count). The SMILES string of the molecule is CN=C(NCCSCc1nc2ccccc2[nH]1)N[N+](=O)[O-]. The smallest absolute Gasteiger partial charge is 0.254 e. The second kappa shape index (κ2) is 7.48. The molecular formula is C12H16N6O2S. The van der Waals surface area contributed by atoms with Crippen LogP contribution in [0.3, 0.4) is 0 Å². The van der Waals surface area contributed by atoms with Crippen molar-refractivity contribution in [2.75, 3.05) is 19.3 Å². The molecule has 0 spiro atoms. The van der Waals surface area contributed by atoms with E-state index >= 15 is 0 Å². The molecule has 0 saturated heterocycles. The van der Waals surface area contributed by atoms with E-state index in [1.54, 1.807) is 11.8 Å². The molecule has 0 radical (unpaired) electrons. The fraction of sp³-hybridized carbons (Fsp3) is 0.333. The lowest BCUT2D eigenvalue weighted by Crippen LogP contribution is -2.41. The first-order chi connectivity index (χ1) is 10.2. The van der Waals surface area contributed by atoms with Gasteiger partial charge in [-0.1, -0.05) is 17.6 Å². The molecule has 0 saturated carbocycles. The largest absolute Gasteiger partial charge is 0.351 e. The van der Waals surface area contributed by atoms with Gasteiger partial charge in [-0.15, -0.1) is 0 Å². The minimum Gasteiger partial charge on any atom is -0.351 e. The third kappa shape index (κ3) is 4.63. The molecule has 8 nitrogen and oxygen atoms in total. The highest BCUT2D eigenvalue weighted by Crippen LogP contribution is 2.14. The Hall–Kier alpha value is -2.29. The summed E-state index contributed by atoms with van der Waals surface area (Å²) in [6, 6.07) is 7.88. The minimum atomic E-state index is -0.642. The molecule has 0 aliphatic rings. The summed E-state index contributed by atoms with van der Waals surface area (Å²) >= 11 is 1.68. The van der Waals surface area contributed by atoms with E-state index in [-0.39, 0.29) is 5.96 Å². The zero-order valence-corrected chi connectivity index (χ0v) is 12.3. The molecule has 0 bridgehead atoms. The predicted octanol–water partition coefficient (Wildman–Crippen LogP) is 1.15. The number of aliphatic imine (C=N–C) groups is 1. The number of imidazole rings is 1. The molecule has 0 unspecified atom stereocenters. The van der Waals surface area contributed by atoms with Crippen LogP contribution in [0, 0.1) is 10.1 Å². The van der Waals surface area contributed by atoms with E-state index in [4.69, 9.17) is 0 Å². The summed E-state index contributed by atoms with van der Waals surface area (Å²) in [6.07, 6.45) is 0. The molecule has 3 N–H and O–H groups in total. The van der Waals surface area contributed by atoms with Crippen LogP contribution in [0.5, 0.6) is 0 Å². The fourth-order valence-electron chi connectivity index (χ4n) is 1.74. The molecule has 0 aliphatic carbocycles. The van der Waals surface area contributed by atoms with E-state index in [1.807, 2.05) is 29.7 Å². The number of nitrogens with one attached hydrogen (secondary N) is 3. The Morgan fingerprint density at radius 2 is 2.33 bits per heavy atom. The number of hydrogen-bond acceptors (Lipinski definition) is 5. The van der Waals surface area contributed by atoms with Gasteiger partial charge < -0.3 is 10.3 Å². The summed E-state index contributed by atoms with van der Waals surface area (Å²) in [5.41, 5.74) is 3.98. The van der Waals surface area contributed by atoms with E-state index in [9.17, 15) is 10.1 Å². The maximum absolute atomic E-state index is 10.3. The van der Waals surface area contributed by atoms with Crippen LogP contribution in [0.25, 0.3) is 11.0 Å². The highest BCUT2D eigenvalue weighted by Gasteiger charge is 2.04. The first-order valence-corrected chi connectivity index (χ1v) is 7.47. The number of fused-ring (bicyclic) bond motifs is 1. The van der Waals surface area contributed by atoms with Gasteiger partial charge in [0.25, 0.3) is 5.96 Å². The van der Waals surface area contributed by atoms with Gasteiger partial charge in [0.1, 0.15) is 5.82 Å². The monoisotopic (exact) mass is 308 g/mol. The minimum absolute atomic E-state index is 0.157. The molecule has 0 fully saturated rings. The molecule has 0 atom stereocenters. The fourth-order valence-corrected chi connectivity index (χ4v) is 2.46. The van der Waals surface area contributed by atoms with Crippen molar-refractivity contribution >= 4 is 28.8 Å². The number of benzene rings is 1. The van der Waals surface area contributed by atoms with Crippen LogP contribution in [0.2, 0.25) is 0 Å². The van der Waals surface area contributed by atoms with Crippen molar-refractivity contribution in [2.24, 2.45) is 4.99 Å². The van der Waals surface area contributed by atoms with Crippen molar-refractivity contribution < 1.29 is 5.03 Å². The number of aromatic amines is 1. The topological polar surface area (TPSA) is 108 Å². The highest BCUT2D eigenvalue weighted by molar-refractivity contribution is 7.98. The molecule has 1 aromatic carbocycles. The van der Waals surface area contributed by atoms with Gasteiger partial charge >= 0.3 is 0 Å². The number of hydrogen-bond donors (Lipinski definition) is 3. The molecule has 21 heavy (non-hydrogen) atoms. The second-order valence-corrected chi connectivity index (χ2v) is 5.23. The van der Waals surface area contributed by atoms with Crippen LogP contribution in [0.1, 0.15) is 5.82 Å². The number of hydrazine groups is 1. The Labute approximate surface area is 125 Å². The van der Waals surface area contributed by atoms with Crippen LogP contribution in [0.4, 0.5) is 0 Å². The van der Waals surface area contributed by atoms with Gasteiger partial charge in [0.05, 0.1) is 16.8 Å². The maximum atomic E-state index is 10.3. The van der Waals surface area contributed by atoms with Crippen molar-refractivity contribution in [3.8, 4) is 0 Å². The van der Waals surface area contributed by atoms with Crippen LogP contribution in [-0.2, 0) is 5.75 Å². The Balaban J connectivity index is 1.71. The van der Waals surface area contributed by atoms with Gasteiger partial charge in [-0.2, -0.15) is 11.8 Å². The first-order valence-electron chi connectivity index (χ1n) is 6.32. The summed E-state index contributed by atoms with van der Waals surface area (Å²) in [7, 11) is 1.49. The van der Waals surface area contributed by atoms with Gasteiger partial charge in [-0.05, 0) is 12.1 Å². The second-order valence-electron chi connectivity index (χ2n) is 4.12. The zero-order valence-electron chi connectivity index (χ0n) is 11.5. The van der Waals surface area contributed by atoms with Crippen molar-refractivity contribution in [3.63, 3.8) is 0 Å². The molecule has 112 valence electrons. The van der Waals surface area contributed by atoms with Gasteiger partial charge in [-0.25, -0.2) is 15.1 Å². The average Bonchev–Trinajstić information content (AvgIpc) is 2.87. The van der Waals surface area contributed by atoms with Gasteiger partial charge in [0, 0.05) is 19.3 Å². The van der Waals surface area contributed by atoms with Crippen LogP contribution in [-0.4, -0.2) is 40.3 Å². The Morgan fingerprint density at radius 3 is 3.05 bits per heavy atom. The molecule has 1 aromatic heterocycles.